The summed E-state index contributed by atoms with van der Waals surface area (Å²) in [7, 11) is 0. The molecular weight excluding hydrogens is 210 g/mol. The number of thiophene rings is 2. The Morgan fingerprint density at radius 3 is 2.36 bits per heavy atom. The van der Waals surface area contributed by atoms with Crippen molar-refractivity contribution < 1.29 is 0 Å². The molecule has 0 amide bonds. The Bertz CT molecular complexity index is 368. The van der Waals surface area contributed by atoms with E-state index in [0.29, 0.717) is 0 Å². The van der Waals surface area contributed by atoms with Crippen LogP contribution in [-0.2, 0) is 0 Å². The van der Waals surface area contributed by atoms with Crippen LogP contribution in [0.1, 0.15) is 9.75 Å². The second kappa shape index (κ2) is 4.88. The van der Waals surface area contributed by atoms with Crippen molar-refractivity contribution in [1.29, 1.82) is 0 Å². The minimum Gasteiger partial charge on any atom is -0.263 e. The lowest BCUT2D eigenvalue weighted by Gasteiger charge is -1.81. The van der Waals surface area contributed by atoms with Gasteiger partial charge in [-0.25, -0.2) is 0 Å². The molecule has 2 aromatic rings. The Hall–Kier alpha value is -1.19. The number of hydrogen-bond acceptors (Lipinski definition) is 3. The predicted molar refractivity (Wildman–Crippen MR) is 65.3 cm³/mol. The SMILES string of the molecule is C(=C\c1cccs1)/N=C/c1cccs1. The van der Waals surface area contributed by atoms with Gasteiger partial charge in [0.2, 0.25) is 0 Å². The van der Waals surface area contributed by atoms with Crippen molar-refractivity contribution in [2.24, 2.45) is 4.99 Å². The maximum absolute atomic E-state index is 4.20. The Morgan fingerprint density at radius 2 is 1.71 bits per heavy atom. The molecule has 0 saturated carbocycles. The summed E-state index contributed by atoms with van der Waals surface area (Å²) >= 11 is 3.40. The van der Waals surface area contributed by atoms with Gasteiger partial charge in [0.25, 0.3) is 0 Å². The van der Waals surface area contributed by atoms with Crippen LogP contribution in [0.15, 0.2) is 46.2 Å². The summed E-state index contributed by atoms with van der Waals surface area (Å²) in [5.41, 5.74) is 0. The van der Waals surface area contributed by atoms with Gasteiger partial charge in [-0.3, -0.25) is 4.99 Å². The molecule has 0 saturated heterocycles. The van der Waals surface area contributed by atoms with E-state index in [1.807, 2.05) is 42.1 Å². The lowest BCUT2D eigenvalue weighted by atomic mass is 10.4. The fourth-order valence-corrected chi connectivity index (χ4v) is 2.19. The Morgan fingerprint density at radius 1 is 1.00 bits per heavy atom. The van der Waals surface area contributed by atoms with Crippen molar-refractivity contribution in [2.75, 3.05) is 0 Å². The third-order valence-electron chi connectivity index (χ3n) is 1.61. The summed E-state index contributed by atoms with van der Waals surface area (Å²) in [4.78, 5) is 6.61. The van der Waals surface area contributed by atoms with Crippen molar-refractivity contribution in [3.8, 4) is 0 Å². The highest BCUT2D eigenvalue weighted by atomic mass is 32.1. The fourth-order valence-electron chi connectivity index (χ4n) is 0.984. The molecule has 0 radical (unpaired) electrons. The number of hydrogen-bond donors (Lipinski definition) is 0. The maximum Gasteiger partial charge on any atom is 0.0453 e. The highest BCUT2D eigenvalue weighted by molar-refractivity contribution is 7.11. The van der Waals surface area contributed by atoms with E-state index in [4.69, 9.17) is 0 Å². The Kier molecular flexibility index (Phi) is 3.27. The molecule has 0 N–H and O–H groups in total. The first-order valence-corrected chi connectivity index (χ1v) is 5.98. The van der Waals surface area contributed by atoms with Crippen molar-refractivity contribution in [3.63, 3.8) is 0 Å². The second-order valence-electron chi connectivity index (χ2n) is 2.62. The molecule has 0 aliphatic carbocycles. The van der Waals surface area contributed by atoms with Crippen LogP contribution in [0.3, 0.4) is 0 Å². The molecule has 0 fully saturated rings. The van der Waals surface area contributed by atoms with Gasteiger partial charge in [0.05, 0.1) is 0 Å². The minimum atomic E-state index is 1.18. The smallest absolute Gasteiger partial charge is 0.0453 e. The van der Waals surface area contributed by atoms with Gasteiger partial charge in [0.15, 0.2) is 0 Å². The van der Waals surface area contributed by atoms with E-state index in [-0.39, 0.29) is 0 Å². The first-order valence-electron chi connectivity index (χ1n) is 4.22. The van der Waals surface area contributed by atoms with Crippen LogP contribution in [0.2, 0.25) is 0 Å². The molecule has 2 aromatic heterocycles. The molecule has 14 heavy (non-hydrogen) atoms. The standard InChI is InChI=1S/C11H9NS2/c1-3-10(13-7-1)5-6-12-9-11-4-2-8-14-11/h1-9H/b6-5+,12-9+. The van der Waals surface area contributed by atoms with Crippen molar-refractivity contribution in [3.05, 3.63) is 51.0 Å². The molecule has 70 valence electrons. The van der Waals surface area contributed by atoms with E-state index in [2.05, 4.69) is 16.4 Å². The quantitative estimate of drug-likeness (QED) is 0.694. The van der Waals surface area contributed by atoms with Crippen LogP contribution in [-0.4, -0.2) is 6.21 Å². The summed E-state index contributed by atoms with van der Waals surface area (Å²) < 4.78 is 0. The molecule has 3 heteroatoms. The number of aliphatic imine (C=N–C) groups is 1. The number of rotatable bonds is 3. The Balaban J connectivity index is 1.94. The molecule has 0 spiro atoms. The van der Waals surface area contributed by atoms with Gasteiger partial charge in [-0.1, -0.05) is 12.1 Å². The summed E-state index contributed by atoms with van der Waals surface area (Å²) in [6.45, 7) is 0. The summed E-state index contributed by atoms with van der Waals surface area (Å²) in [6, 6.07) is 8.18. The molecular formula is C11H9NS2. The zero-order chi connectivity index (χ0) is 9.64. The van der Waals surface area contributed by atoms with E-state index in [9.17, 15) is 0 Å². The topological polar surface area (TPSA) is 12.4 Å². The largest absolute Gasteiger partial charge is 0.263 e. The van der Waals surface area contributed by atoms with Crippen molar-refractivity contribution in [2.45, 2.75) is 0 Å². The lowest BCUT2D eigenvalue weighted by molar-refractivity contribution is 1.62. The molecule has 1 nitrogen and oxygen atoms in total. The van der Waals surface area contributed by atoms with E-state index in [0.717, 1.165) is 0 Å². The van der Waals surface area contributed by atoms with Gasteiger partial charge in [0, 0.05) is 22.2 Å². The molecule has 2 heterocycles. The average Bonchev–Trinajstić information content (AvgIpc) is 2.86. The van der Waals surface area contributed by atoms with Crippen LogP contribution in [0.5, 0.6) is 0 Å². The third-order valence-corrected chi connectivity index (χ3v) is 3.26. The van der Waals surface area contributed by atoms with E-state index < -0.39 is 0 Å². The first-order chi connectivity index (χ1) is 6.95. The summed E-state index contributed by atoms with van der Waals surface area (Å²) in [5.74, 6) is 0. The van der Waals surface area contributed by atoms with Gasteiger partial charge in [-0.15, -0.1) is 22.7 Å². The number of nitrogens with zero attached hydrogens (tertiary/aromatic N) is 1. The molecule has 2 rings (SSSR count). The molecule has 0 bridgehead atoms. The average molecular weight is 219 g/mol. The zero-order valence-electron chi connectivity index (χ0n) is 7.46. The van der Waals surface area contributed by atoms with Crippen LogP contribution >= 0.6 is 22.7 Å². The molecule has 0 aliphatic heterocycles. The van der Waals surface area contributed by atoms with Crippen LogP contribution in [0.25, 0.3) is 6.08 Å². The molecule has 0 aliphatic rings. The molecule has 0 aromatic carbocycles. The van der Waals surface area contributed by atoms with Gasteiger partial charge in [0.1, 0.15) is 0 Å². The van der Waals surface area contributed by atoms with Crippen LogP contribution < -0.4 is 0 Å². The minimum absolute atomic E-state index is 1.18. The normalized spacial score (nSPS) is 11.7. The third kappa shape index (κ3) is 2.65. The molecule has 0 atom stereocenters. The second-order valence-corrected chi connectivity index (χ2v) is 4.58. The van der Waals surface area contributed by atoms with Crippen LogP contribution in [0.4, 0.5) is 0 Å². The maximum atomic E-state index is 4.20. The monoisotopic (exact) mass is 219 g/mol. The highest BCUT2D eigenvalue weighted by Crippen LogP contribution is 2.10. The van der Waals surface area contributed by atoms with Crippen molar-refractivity contribution >= 4 is 35.0 Å². The molecule has 0 unspecified atom stereocenters. The lowest BCUT2D eigenvalue weighted by Crippen LogP contribution is -1.67. The predicted octanol–water partition coefficient (Wildman–Crippen LogP) is 3.90. The van der Waals surface area contributed by atoms with E-state index in [1.165, 1.54) is 9.75 Å². The van der Waals surface area contributed by atoms with Gasteiger partial charge in [-0.05, 0) is 29.0 Å². The van der Waals surface area contributed by atoms with Gasteiger partial charge in [-0.2, -0.15) is 0 Å². The van der Waals surface area contributed by atoms with Gasteiger partial charge < -0.3 is 0 Å². The summed E-state index contributed by atoms with van der Waals surface area (Å²) in [6.07, 6.45) is 5.70. The fraction of sp³-hybridized carbons (Fsp3) is 0. The Labute approximate surface area is 91.1 Å². The summed E-state index contributed by atoms with van der Waals surface area (Å²) in [5, 5.41) is 4.10. The van der Waals surface area contributed by atoms with Crippen LogP contribution in [0, 0.1) is 0 Å². The van der Waals surface area contributed by atoms with Gasteiger partial charge >= 0.3 is 0 Å². The zero-order valence-corrected chi connectivity index (χ0v) is 9.09. The first kappa shape index (κ1) is 9.37. The van der Waals surface area contributed by atoms with E-state index in [1.54, 1.807) is 22.7 Å². The van der Waals surface area contributed by atoms with Crippen molar-refractivity contribution in [1.82, 2.24) is 0 Å². The van der Waals surface area contributed by atoms with E-state index >= 15 is 0 Å². The highest BCUT2D eigenvalue weighted by Gasteiger charge is 1.85.